The van der Waals surface area contributed by atoms with E-state index in [1.165, 1.54) is 5.56 Å². The molecule has 1 aromatic rings. The van der Waals surface area contributed by atoms with Gasteiger partial charge in [0.15, 0.2) is 0 Å². The summed E-state index contributed by atoms with van der Waals surface area (Å²) in [6.45, 7) is 6.68. The van der Waals surface area contributed by atoms with E-state index in [0.717, 1.165) is 12.0 Å². The minimum absolute atomic E-state index is 0.374. The van der Waals surface area contributed by atoms with E-state index in [0.29, 0.717) is 18.9 Å². The molecule has 1 saturated heterocycles. The molecule has 5 heteroatoms. The smallest absolute Gasteiger partial charge is 0.324 e. The van der Waals surface area contributed by atoms with Crippen LogP contribution in [-0.2, 0) is 20.7 Å². The van der Waals surface area contributed by atoms with Crippen LogP contribution in [0.3, 0.4) is 0 Å². The van der Waals surface area contributed by atoms with Crippen LogP contribution in [0.25, 0.3) is 0 Å². The Kier molecular flexibility index (Phi) is 5.77. The molecule has 1 fully saturated rings. The van der Waals surface area contributed by atoms with Crippen LogP contribution >= 0.6 is 0 Å². The van der Waals surface area contributed by atoms with Gasteiger partial charge in [0.25, 0.3) is 0 Å². The summed E-state index contributed by atoms with van der Waals surface area (Å²) in [6.07, 6.45) is 0.943. The third-order valence-corrected chi connectivity index (χ3v) is 4.18. The van der Waals surface area contributed by atoms with Crippen molar-refractivity contribution >= 4 is 11.9 Å². The van der Waals surface area contributed by atoms with Crippen LogP contribution in [0.1, 0.15) is 44.2 Å². The summed E-state index contributed by atoms with van der Waals surface area (Å²) in [5.74, 6) is -1.17. The zero-order valence-electron chi connectivity index (χ0n) is 13.9. The van der Waals surface area contributed by atoms with E-state index in [9.17, 15) is 9.59 Å². The summed E-state index contributed by atoms with van der Waals surface area (Å²) < 4.78 is 5.41. The predicted molar refractivity (Wildman–Crippen MR) is 87.3 cm³/mol. The summed E-state index contributed by atoms with van der Waals surface area (Å²) in [5.41, 5.74) is 2.13. The Balaban J connectivity index is 1.98. The molecule has 0 aromatic heterocycles. The van der Waals surface area contributed by atoms with Gasteiger partial charge in [0.1, 0.15) is 12.1 Å². The van der Waals surface area contributed by atoms with Gasteiger partial charge in [-0.25, -0.2) is 0 Å². The van der Waals surface area contributed by atoms with Crippen LogP contribution in [0.5, 0.6) is 0 Å². The number of nitrogens with one attached hydrogen (secondary N) is 1. The first-order valence-electron chi connectivity index (χ1n) is 8.14. The fraction of sp³-hybridized carbons (Fsp3) is 0.556. The number of hydrogen-bond acceptors (Lipinski definition) is 4. The molecule has 126 valence electrons. The molecule has 2 N–H and O–H groups in total. The number of carbonyl (C=O) groups is 2. The number of benzene rings is 1. The number of ether oxygens (including phenoxy) is 1. The molecule has 1 aliphatic heterocycles. The largest absolute Gasteiger partial charge is 0.480 e. The van der Waals surface area contributed by atoms with Crippen molar-refractivity contribution in [3.05, 3.63) is 35.4 Å². The Bertz CT molecular complexity index is 553. The molecule has 1 aliphatic rings. The monoisotopic (exact) mass is 319 g/mol. The summed E-state index contributed by atoms with van der Waals surface area (Å²) in [5, 5.41) is 11.9. The van der Waals surface area contributed by atoms with Gasteiger partial charge in [-0.15, -0.1) is 0 Å². The van der Waals surface area contributed by atoms with Crippen LogP contribution in [-0.4, -0.2) is 35.7 Å². The fourth-order valence-corrected chi connectivity index (χ4v) is 2.85. The second-order valence-electron chi connectivity index (χ2n) is 6.60. The van der Waals surface area contributed by atoms with Crippen LogP contribution in [0.15, 0.2) is 24.3 Å². The van der Waals surface area contributed by atoms with Crippen molar-refractivity contribution in [2.45, 2.75) is 51.7 Å². The van der Waals surface area contributed by atoms with E-state index < -0.39 is 24.0 Å². The molecular formula is C18H25NO4. The van der Waals surface area contributed by atoms with Crippen molar-refractivity contribution in [1.82, 2.24) is 5.32 Å². The summed E-state index contributed by atoms with van der Waals surface area (Å²) in [6, 6.07) is 7.17. The molecule has 1 aromatic carbocycles. The number of carbonyl (C=O) groups excluding carboxylic acids is 1. The molecule has 0 spiro atoms. The van der Waals surface area contributed by atoms with Crippen molar-refractivity contribution in [3.8, 4) is 0 Å². The normalized spacial score (nSPS) is 22.1. The second-order valence-corrected chi connectivity index (χ2v) is 6.60. The maximum absolute atomic E-state index is 12.3. The summed E-state index contributed by atoms with van der Waals surface area (Å²) in [4.78, 5) is 23.4. The number of carboxylic acid groups (broad SMARTS) is 1. The van der Waals surface area contributed by atoms with Crippen molar-refractivity contribution in [2.75, 3.05) is 6.54 Å². The standard InChI is InChI=1S/C18H25NO4/c1-11(2)10-13-4-6-14(7-5-13)12(3)18(22)23-15-8-9-19-16(15)17(20)21/h4-7,11-12,15-16,19H,8-10H2,1-3H3,(H,20,21)/t12-,15+,16-/m0/s1. The van der Waals surface area contributed by atoms with Gasteiger partial charge in [-0.3, -0.25) is 9.59 Å². The first-order valence-corrected chi connectivity index (χ1v) is 8.14. The number of esters is 1. The van der Waals surface area contributed by atoms with Gasteiger partial charge in [0, 0.05) is 0 Å². The van der Waals surface area contributed by atoms with E-state index in [-0.39, 0.29) is 5.97 Å². The highest BCUT2D eigenvalue weighted by Crippen LogP contribution is 2.21. The van der Waals surface area contributed by atoms with E-state index in [2.05, 4.69) is 19.2 Å². The molecule has 3 atom stereocenters. The third kappa shape index (κ3) is 4.55. The fourth-order valence-electron chi connectivity index (χ4n) is 2.85. The second kappa shape index (κ2) is 7.59. The predicted octanol–water partition coefficient (Wildman–Crippen LogP) is 2.35. The molecule has 0 aliphatic carbocycles. The summed E-state index contributed by atoms with van der Waals surface area (Å²) in [7, 11) is 0. The maximum atomic E-state index is 12.3. The lowest BCUT2D eigenvalue weighted by Gasteiger charge is -2.19. The average Bonchev–Trinajstić information content (AvgIpc) is 2.95. The molecule has 0 saturated carbocycles. The van der Waals surface area contributed by atoms with Gasteiger partial charge in [-0.2, -0.15) is 0 Å². The molecular weight excluding hydrogens is 294 g/mol. The first-order chi connectivity index (χ1) is 10.9. The van der Waals surface area contributed by atoms with Gasteiger partial charge in [-0.05, 0) is 43.4 Å². The number of carboxylic acids is 1. The lowest BCUT2D eigenvalue weighted by molar-refractivity contribution is -0.154. The minimum Gasteiger partial charge on any atom is -0.480 e. The molecule has 0 bridgehead atoms. The highest BCUT2D eigenvalue weighted by Gasteiger charge is 2.36. The van der Waals surface area contributed by atoms with Crippen LogP contribution in [0.2, 0.25) is 0 Å². The molecule has 23 heavy (non-hydrogen) atoms. The number of aliphatic carboxylic acids is 1. The van der Waals surface area contributed by atoms with E-state index >= 15 is 0 Å². The Labute approximate surface area is 137 Å². The SMILES string of the molecule is CC(C)Cc1ccc([C@H](C)C(=O)O[C@@H]2CCN[C@@H]2C(=O)O)cc1. The Hall–Kier alpha value is -1.88. The van der Waals surface area contributed by atoms with Gasteiger partial charge in [-0.1, -0.05) is 38.1 Å². The zero-order valence-corrected chi connectivity index (χ0v) is 13.9. The van der Waals surface area contributed by atoms with Crippen LogP contribution in [0, 0.1) is 5.92 Å². The van der Waals surface area contributed by atoms with E-state index in [1.54, 1.807) is 6.92 Å². The van der Waals surface area contributed by atoms with Crippen molar-refractivity contribution in [1.29, 1.82) is 0 Å². The van der Waals surface area contributed by atoms with Gasteiger partial charge in [0.2, 0.25) is 0 Å². The average molecular weight is 319 g/mol. The number of rotatable bonds is 6. The molecule has 0 amide bonds. The lowest BCUT2D eigenvalue weighted by Crippen LogP contribution is -2.41. The quantitative estimate of drug-likeness (QED) is 0.787. The first kappa shape index (κ1) is 17.5. The zero-order chi connectivity index (χ0) is 17.0. The Morgan fingerprint density at radius 1 is 1.26 bits per heavy atom. The van der Waals surface area contributed by atoms with E-state index in [4.69, 9.17) is 9.84 Å². The highest BCUT2D eigenvalue weighted by molar-refractivity contribution is 5.79. The van der Waals surface area contributed by atoms with Crippen LogP contribution in [0.4, 0.5) is 0 Å². The third-order valence-electron chi connectivity index (χ3n) is 4.18. The maximum Gasteiger partial charge on any atom is 0.324 e. The topological polar surface area (TPSA) is 75.6 Å². The van der Waals surface area contributed by atoms with Crippen molar-refractivity contribution < 1.29 is 19.4 Å². The highest BCUT2D eigenvalue weighted by atomic mass is 16.5. The Morgan fingerprint density at radius 2 is 1.91 bits per heavy atom. The molecule has 1 heterocycles. The van der Waals surface area contributed by atoms with Gasteiger partial charge >= 0.3 is 11.9 Å². The van der Waals surface area contributed by atoms with Gasteiger partial charge < -0.3 is 15.2 Å². The summed E-state index contributed by atoms with van der Waals surface area (Å²) >= 11 is 0. The molecule has 0 unspecified atom stereocenters. The minimum atomic E-state index is -0.981. The molecule has 5 nitrogen and oxygen atoms in total. The molecule has 2 rings (SSSR count). The van der Waals surface area contributed by atoms with E-state index in [1.807, 2.05) is 24.3 Å². The lowest BCUT2D eigenvalue weighted by atomic mass is 9.97. The van der Waals surface area contributed by atoms with Crippen molar-refractivity contribution in [2.24, 2.45) is 5.92 Å². The van der Waals surface area contributed by atoms with Crippen molar-refractivity contribution in [3.63, 3.8) is 0 Å². The molecule has 0 radical (unpaired) electrons. The number of hydrogen-bond donors (Lipinski definition) is 2. The van der Waals surface area contributed by atoms with Gasteiger partial charge in [0.05, 0.1) is 5.92 Å². The van der Waals surface area contributed by atoms with Crippen LogP contribution < -0.4 is 5.32 Å². The Morgan fingerprint density at radius 3 is 2.48 bits per heavy atom.